The molecule has 170 valence electrons. The summed E-state index contributed by atoms with van der Waals surface area (Å²) in [7, 11) is 1.59. The number of thiazole rings is 1. The van der Waals surface area contributed by atoms with Crippen molar-refractivity contribution in [1.29, 1.82) is 0 Å². The molecule has 33 heavy (non-hydrogen) atoms. The van der Waals surface area contributed by atoms with Gasteiger partial charge < -0.3 is 9.47 Å². The fraction of sp³-hybridized carbons (Fsp3) is 0.240. The minimum absolute atomic E-state index is 0.203. The second-order valence-electron chi connectivity index (χ2n) is 7.61. The molecule has 0 N–H and O–H groups in total. The van der Waals surface area contributed by atoms with Crippen molar-refractivity contribution in [3.05, 3.63) is 94.6 Å². The van der Waals surface area contributed by atoms with Crippen molar-refractivity contribution >= 4 is 39.3 Å². The first-order chi connectivity index (χ1) is 15.8. The normalized spacial score (nSPS) is 15.8. The molecule has 3 aromatic rings. The highest BCUT2D eigenvalue weighted by atomic mass is 79.9. The van der Waals surface area contributed by atoms with Crippen LogP contribution in [-0.4, -0.2) is 24.3 Å². The van der Waals surface area contributed by atoms with Crippen molar-refractivity contribution in [1.82, 2.24) is 4.57 Å². The quantitative estimate of drug-likeness (QED) is 0.473. The van der Waals surface area contributed by atoms with Gasteiger partial charge in [-0.15, -0.1) is 0 Å². The summed E-state index contributed by atoms with van der Waals surface area (Å²) in [6.07, 6.45) is 1.85. The zero-order valence-corrected chi connectivity index (χ0v) is 21.1. The number of hydrogen-bond acceptors (Lipinski definition) is 6. The van der Waals surface area contributed by atoms with E-state index in [4.69, 9.17) is 9.47 Å². The maximum absolute atomic E-state index is 13.6. The second-order valence-corrected chi connectivity index (χ2v) is 9.47. The van der Waals surface area contributed by atoms with Gasteiger partial charge in [-0.3, -0.25) is 9.36 Å². The minimum atomic E-state index is -0.664. The Labute approximate surface area is 203 Å². The summed E-state index contributed by atoms with van der Waals surface area (Å²) >= 11 is 4.83. The van der Waals surface area contributed by atoms with Gasteiger partial charge in [0, 0.05) is 0 Å². The van der Waals surface area contributed by atoms with Crippen molar-refractivity contribution in [2.75, 3.05) is 13.7 Å². The summed E-state index contributed by atoms with van der Waals surface area (Å²) in [5.41, 5.74) is 3.51. The number of aryl methyl sites for hydroxylation is 1. The van der Waals surface area contributed by atoms with E-state index in [2.05, 4.69) is 20.9 Å². The van der Waals surface area contributed by atoms with Crippen molar-refractivity contribution < 1.29 is 14.3 Å². The van der Waals surface area contributed by atoms with Gasteiger partial charge in [0.05, 0.1) is 40.0 Å². The summed E-state index contributed by atoms with van der Waals surface area (Å²) in [6, 6.07) is 12.8. The Hall–Kier alpha value is -2.97. The topological polar surface area (TPSA) is 69.9 Å². The van der Waals surface area contributed by atoms with Gasteiger partial charge in [-0.1, -0.05) is 47.2 Å². The molecule has 0 bridgehead atoms. The molecule has 4 rings (SSSR count). The lowest BCUT2D eigenvalue weighted by Gasteiger charge is -2.25. The number of hydrogen-bond donors (Lipinski definition) is 0. The zero-order valence-electron chi connectivity index (χ0n) is 18.7. The molecule has 0 aliphatic carbocycles. The summed E-state index contributed by atoms with van der Waals surface area (Å²) in [5, 5.41) is 0. The number of halogens is 1. The first kappa shape index (κ1) is 23.2. The number of nitrogens with zero attached hydrogens (tertiary/aromatic N) is 2. The largest absolute Gasteiger partial charge is 0.496 e. The van der Waals surface area contributed by atoms with Crippen LogP contribution in [0.5, 0.6) is 5.75 Å². The van der Waals surface area contributed by atoms with Crippen molar-refractivity contribution in [2.24, 2.45) is 4.99 Å². The number of rotatable bonds is 5. The average molecular weight is 527 g/mol. The number of aromatic nitrogens is 1. The molecule has 0 spiro atoms. The van der Waals surface area contributed by atoms with E-state index < -0.39 is 12.0 Å². The monoisotopic (exact) mass is 526 g/mol. The van der Waals surface area contributed by atoms with Crippen LogP contribution in [0.2, 0.25) is 0 Å². The second kappa shape index (κ2) is 9.49. The molecule has 1 aliphatic rings. The lowest BCUT2D eigenvalue weighted by Crippen LogP contribution is -2.39. The standard InChI is InChI=1S/C25H23BrN2O4S/c1-5-32-24(30)21-15(3)27-25-28(22(21)17-10-11-19(31-4)18(26)13-17)23(29)20(33-25)12-16-8-6-14(2)7-9-16/h6-13,22H,5H2,1-4H3/b20-12+/t22-/m0/s1. The van der Waals surface area contributed by atoms with E-state index in [1.807, 2.05) is 49.4 Å². The fourth-order valence-electron chi connectivity index (χ4n) is 3.77. The van der Waals surface area contributed by atoms with Gasteiger partial charge in [-0.25, -0.2) is 9.79 Å². The molecular formula is C25H23BrN2O4S. The van der Waals surface area contributed by atoms with Crippen LogP contribution < -0.4 is 19.6 Å². The summed E-state index contributed by atoms with van der Waals surface area (Å²) in [4.78, 5) is 31.7. The Kier molecular flexibility index (Phi) is 6.67. The Morgan fingerprint density at radius 3 is 2.58 bits per heavy atom. The zero-order chi connectivity index (χ0) is 23.7. The maximum Gasteiger partial charge on any atom is 0.338 e. The number of methoxy groups -OCH3 is 1. The predicted molar refractivity (Wildman–Crippen MR) is 132 cm³/mol. The third kappa shape index (κ3) is 4.45. The van der Waals surface area contributed by atoms with Crippen LogP contribution in [0, 0.1) is 6.92 Å². The van der Waals surface area contributed by atoms with E-state index in [0.717, 1.165) is 21.2 Å². The van der Waals surface area contributed by atoms with Crippen molar-refractivity contribution in [2.45, 2.75) is 26.8 Å². The molecule has 8 heteroatoms. The number of esters is 1. The van der Waals surface area contributed by atoms with Crippen LogP contribution in [0.3, 0.4) is 0 Å². The Morgan fingerprint density at radius 1 is 1.21 bits per heavy atom. The van der Waals surface area contributed by atoms with Crippen LogP contribution in [-0.2, 0) is 9.53 Å². The molecule has 0 fully saturated rings. The molecule has 0 saturated heterocycles. The summed E-state index contributed by atoms with van der Waals surface area (Å²) in [5.74, 6) is 0.174. The van der Waals surface area contributed by atoms with Crippen molar-refractivity contribution in [3.63, 3.8) is 0 Å². The van der Waals surface area contributed by atoms with Crippen LogP contribution in [0.1, 0.15) is 36.6 Å². The van der Waals surface area contributed by atoms with Gasteiger partial charge >= 0.3 is 5.97 Å². The van der Waals surface area contributed by atoms with Crippen LogP contribution in [0.4, 0.5) is 0 Å². The van der Waals surface area contributed by atoms with Gasteiger partial charge in [0.2, 0.25) is 0 Å². The van der Waals surface area contributed by atoms with E-state index in [-0.39, 0.29) is 12.2 Å². The molecule has 1 aromatic heterocycles. The third-order valence-electron chi connectivity index (χ3n) is 5.38. The van der Waals surface area contributed by atoms with Gasteiger partial charge in [-0.05, 0) is 66.0 Å². The first-order valence-electron chi connectivity index (χ1n) is 10.4. The highest BCUT2D eigenvalue weighted by Gasteiger charge is 2.33. The number of ether oxygens (including phenoxy) is 2. The van der Waals surface area contributed by atoms with Crippen LogP contribution in [0.25, 0.3) is 6.08 Å². The third-order valence-corrected chi connectivity index (χ3v) is 6.99. The molecule has 1 aliphatic heterocycles. The van der Waals surface area contributed by atoms with E-state index in [9.17, 15) is 9.59 Å². The first-order valence-corrected chi connectivity index (χ1v) is 12.0. The van der Waals surface area contributed by atoms with Gasteiger partial charge in [0.1, 0.15) is 5.75 Å². The fourth-order valence-corrected chi connectivity index (χ4v) is 5.38. The molecule has 0 saturated carbocycles. The summed E-state index contributed by atoms with van der Waals surface area (Å²) < 4.78 is 13.5. The molecule has 0 amide bonds. The van der Waals surface area contributed by atoms with Crippen molar-refractivity contribution in [3.8, 4) is 5.75 Å². The highest BCUT2D eigenvalue weighted by Crippen LogP contribution is 2.34. The average Bonchev–Trinajstić information content (AvgIpc) is 3.09. The lowest BCUT2D eigenvalue weighted by atomic mass is 9.96. The number of allylic oxidation sites excluding steroid dienone is 1. The Balaban J connectivity index is 1.96. The number of benzene rings is 2. The molecule has 2 heterocycles. The predicted octanol–water partition coefficient (Wildman–Crippen LogP) is 3.88. The van der Waals surface area contributed by atoms with Crippen LogP contribution >= 0.6 is 27.3 Å². The lowest BCUT2D eigenvalue weighted by molar-refractivity contribution is -0.139. The molecule has 0 radical (unpaired) electrons. The van der Waals surface area contributed by atoms with E-state index in [0.29, 0.717) is 26.4 Å². The number of fused-ring (bicyclic) bond motifs is 1. The van der Waals surface area contributed by atoms with Crippen LogP contribution in [0.15, 0.2) is 68.0 Å². The van der Waals surface area contributed by atoms with Gasteiger partial charge in [0.15, 0.2) is 4.80 Å². The Morgan fingerprint density at radius 2 is 1.94 bits per heavy atom. The minimum Gasteiger partial charge on any atom is -0.496 e. The molecule has 6 nitrogen and oxygen atoms in total. The summed E-state index contributed by atoms with van der Waals surface area (Å²) in [6.45, 7) is 5.77. The molecular weight excluding hydrogens is 504 g/mol. The van der Waals surface area contributed by atoms with Gasteiger partial charge in [-0.2, -0.15) is 0 Å². The highest BCUT2D eigenvalue weighted by molar-refractivity contribution is 9.10. The SMILES string of the molecule is CCOC(=O)C1=C(C)N=c2s/c(=C/c3ccc(C)cc3)c(=O)n2[C@H]1c1ccc(OC)c(Br)c1. The van der Waals surface area contributed by atoms with E-state index >= 15 is 0 Å². The van der Waals surface area contributed by atoms with E-state index in [1.54, 1.807) is 31.6 Å². The number of carbonyl (C=O) groups is 1. The smallest absolute Gasteiger partial charge is 0.338 e. The maximum atomic E-state index is 13.6. The van der Waals surface area contributed by atoms with Gasteiger partial charge in [0.25, 0.3) is 5.56 Å². The molecule has 2 aromatic carbocycles. The molecule has 1 atom stereocenters. The molecule has 0 unspecified atom stereocenters. The Bertz CT molecular complexity index is 1430. The number of carbonyl (C=O) groups excluding carboxylic acids is 1. The van der Waals surface area contributed by atoms with E-state index in [1.165, 1.54) is 11.3 Å².